The first-order valence-electron chi connectivity index (χ1n) is 5.61. The summed E-state index contributed by atoms with van der Waals surface area (Å²) in [6, 6.07) is 10.6. The SMILES string of the molecule is Cc1ccc(NC(=O)C(=O)c2cccn2C)cc1. The number of ketones is 1. The van der Waals surface area contributed by atoms with Crippen LogP contribution in [-0.4, -0.2) is 16.3 Å². The Morgan fingerprint density at radius 2 is 1.78 bits per heavy atom. The normalized spacial score (nSPS) is 10.1. The summed E-state index contributed by atoms with van der Waals surface area (Å²) < 4.78 is 1.62. The van der Waals surface area contributed by atoms with E-state index in [2.05, 4.69) is 5.32 Å². The summed E-state index contributed by atoms with van der Waals surface area (Å²) in [5.41, 5.74) is 2.09. The summed E-state index contributed by atoms with van der Waals surface area (Å²) in [5, 5.41) is 2.58. The third-order valence-electron chi connectivity index (χ3n) is 2.69. The highest BCUT2D eigenvalue weighted by atomic mass is 16.2. The molecule has 1 N–H and O–H groups in total. The Morgan fingerprint density at radius 1 is 1.11 bits per heavy atom. The minimum atomic E-state index is -0.624. The number of nitrogens with zero attached hydrogens (tertiary/aromatic N) is 1. The second kappa shape index (κ2) is 4.87. The number of carbonyl (C=O) groups excluding carboxylic acids is 2. The first-order chi connectivity index (χ1) is 8.58. The third-order valence-corrected chi connectivity index (χ3v) is 2.69. The van der Waals surface area contributed by atoms with Crippen LogP contribution in [0.25, 0.3) is 0 Å². The molecule has 0 saturated heterocycles. The van der Waals surface area contributed by atoms with Gasteiger partial charge in [0, 0.05) is 18.9 Å². The number of anilines is 1. The molecule has 0 fully saturated rings. The Hall–Kier alpha value is -2.36. The van der Waals surface area contributed by atoms with Crippen molar-refractivity contribution in [1.82, 2.24) is 4.57 Å². The lowest BCUT2D eigenvalue weighted by atomic mass is 10.2. The second-order valence-corrected chi connectivity index (χ2v) is 4.15. The van der Waals surface area contributed by atoms with Crippen molar-refractivity contribution in [2.75, 3.05) is 5.32 Å². The molecule has 4 heteroatoms. The zero-order valence-electron chi connectivity index (χ0n) is 10.3. The molecule has 0 atom stereocenters. The number of hydrogen-bond acceptors (Lipinski definition) is 2. The van der Waals surface area contributed by atoms with Gasteiger partial charge in [-0.2, -0.15) is 0 Å². The van der Waals surface area contributed by atoms with Crippen molar-refractivity contribution in [2.45, 2.75) is 6.92 Å². The van der Waals surface area contributed by atoms with E-state index in [0.717, 1.165) is 5.56 Å². The van der Waals surface area contributed by atoms with Crippen LogP contribution in [0.1, 0.15) is 16.1 Å². The van der Waals surface area contributed by atoms with Crippen molar-refractivity contribution in [3.05, 3.63) is 53.9 Å². The number of amides is 1. The minimum Gasteiger partial charge on any atom is -0.348 e. The van der Waals surface area contributed by atoms with E-state index in [1.807, 2.05) is 19.1 Å². The quantitative estimate of drug-likeness (QED) is 0.662. The molecular formula is C14H14N2O2. The molecule has 2 rings (SSSR count). The highest BCUT2D eigenvalue weighted by Gasteiger charge is 2.18. The number of hydrogen-bond donors (Lipinski definition) is 1. The molecule has 18 heavy (non-hydrogen) atoms. The fraction of sp³-hybridized carbons (Fsp3) is 0.143. The van der Waals surface area contributed by atoms with E-state index >= 15 is 0 Å². The number of aromatic nitrogens is 1. The molecule has 0 radical (unpaired) electrons. The number of nitrogens with one attached hydrogen (secondary N) is 1. The Bertz CT molecular complexity index is 582. The van der Waals surface area contributed by atoms with Crippen molar-refractivity contribution in [3.8, 4) is 0 Å². The van der Waals surface area contributed by atoms with Crippen LogP contribution in [0.15, 0.2) is 42.6 Å². The molecule has 4 nitrogen and oxygen atoms in total. The fourth-order valence-corrected chi connectivity index (χ4v) is 1.64. The molecule has 0 saturated carbocycles. The van der Waals surface area contributed by atoms with E-state index in [4.69, 9.17) is 0 Å². The van der Waals surface area contributed by atoms with Gasteiger partial charge in [0.1, 0.15) is 0 Å². The maximum absolute atomic E-state index is 11.9. The first kappa shape index (κ1) is 12.1. The van der Waals surface area contributed by atoms with Crippen LogP contribution in [0, 0.1) is 6.92 Å². The van der Waals surface area contributed by atoms with Crippen molar-refractivity contribution in [3.63, 3.8) is 0 Å². The minimum absolute atomic E-state index is 0.375. The molecule has 1 aromatic heterocycles. The number of benzene rings is 1. The molecule has 1 aromatic carbocycles. The molecule has 0 unspecified atom stereocenters. The van der Waals surface area contributed by atoms with Crippen LogP contribution >= 0.6 is 0 Å². The van der Waals surface area contributed by atoms with Gasteiger partial charge >= 0.3 is 0 Å². The second-order valence-electron chi connectivity index (χ2n) is 4.15. The van der Waals surface area contributed by atoms with Crippen molar-refractivity contribution >= 4 is 17.4 Å². The van der Waals surface area contributed by atoms with E-state index in [-0.39, 0.29) is 0 Å². The zero-order valence-corrected chi connectivity index (χ0v) is 10.3. The molecule has 0 spiro atoms. The molecular weight excluding hydrogens is 228 g/mol. The number of aryl methyl sites for hydroxylation is 2. The van der Waals surface area contributed by atoms with E-state index < -0.39 is 11.7 Å². The van der Waals surface area contributed by atoms with Crippen LogP contribution in [0.2, 0.25) is 0 Å². The number of rotatable bonds is 3. The van der Waals surface area contributed by atoms with E-state index in [1.54, 1.807) is 42.1 Å². The highest BCUT2D eigenvalue weighted by Crippen LogP contribution is 2.10. The topological polar surface area (TPSA) is 51.1 Å². The largest absolute Gasteiger partial charge is 0.348 e. The Morgan fingerprint density at radius 3 is 2.33 bits per heavy atom. The smallest absolute Gasteiger partial charge is 0.298 e. The van der Waals surface area contributed by atoms with E-state index in [9.17, 15) is 9.59 Å². The van der Waals surface area contributed by atoms with Gasteiger partial charge in [-0.1, -0.05) is 17.7 Å². The molecule has 2 aromatic rings. The van der Waals surface area contributed by atoms with Gasteiger partial charge in [0.05, 0.1) is 5.69 Å². The lowest BCUT2D eigenvalue weighted by Gasteiger charge is -2.05. The molecule has 0 aliphatic carbocycles. The van der Waals surface area contributed by atoms with Crippen molar-refractivity contribution in [2.24, 2.45) is 7.05 Å². The summed E-state index contributed by atoms with van der Waals surface area (Å²) in [6.07, 6.45) is 1.73. The molecule has 92 valence electrons. The summed E-state index contributed by atoms with van der Waals surface area (Å²) >= 11 is 0. The van der Waals surface area contributed by atoms with Gasteiger partial charge in [0.2, 0.25) is 0 Å². The zero-order chi connectivity index (χ0) is 13.1. The molecule has 0 aliphatic rings. The Labute approximate surface area is 105 Å². The van der Waals surface area contributed by atoms with E-state index in [0.29, 0.717) is 11.4 Å². The predicted molar refractivity (Wildman–Crippen MR) is 69.6 cm³/mol. The lowest BCUT2D eigenvalue weighted by Crippen LogP contribution is -2.24. The molecule has 0 aliphatic heterocycles. The van der Waals surface area contributed by atoms with Crippen LogP contribution in [0.5, 0.6) is 0 Å². The standard InChI is InChI=1S/C14H14N2O2/c1-10-5-7-11(8-6-10)15-14(18)13(17)12-4-3-9-16(12)2/h3-9H,1-2H3,(H,15,18). The van der Waals surface area contributed by atoms with Crippen molar-refractivity contribution < 1.29 is 9.59 Å². The summed E-state index contributed by atoms with van der Waals surface area (Å²) in [7, 11) is 1.73. The fourth-order valence-electron chi connectivity index (χ4n) is 1.64. The number of carbonyl (C=O) groups is 2. The maximum atomic E-state index is 11.9. The van der Waals surface area contributed by atoms with Gasteiger partial charge in [-0.25, -0.2) is 0 Å². The summed E-state index contributed by atoms with van der Waals surface area (Å²) in [6.45, 7) is 1.96. The third kappa shape index (κ3) is 2.48. The average Bonchev–Trinajstić information content (AvgIpc) is 2.77. The van der Waals surface area contributed by atoms with Crippen LogP contribution in [0.3, 0.4) is 0 Å². The van der Waals surface area contributed by atoms with E-state index in [1.165, 1.54) is 0 Å². The predicted octanol–water partition coefficient (Wildman–Crippen LogP) is 2.15. The molecule has 1 amide bonds. The monoisotopic (exact) mass is 242 g/mol. The first-order valence-corrected chi connectivity index (χ1v) is 5.61. The Kier molecular flexibility index (Phi) is 3.28. The van der Waals surface area contributed by atoms with Gasteiger partial charge in [-0.15, -0.1) is 0 Å². The van der Waals surface area contributed by atoms with Gasteiger partial charge in [-0.3, -0.25) is 9.59 Å². The van der Waals surface area contributed by atoms with Gasteiger partial charge in [0.25, 0.3) is 11.7 Å². The average molecular weight is 242 g/mol. The van der Waals surface area contributed by atoms with Gasteiger partial charge < -0.3 is 9.88 Å². The molecule has 0 bridgehead atoms. The summed E-state index contributed by atoms with van der Waals surface area (Å²) in [4.78, 5) is 23.6. The molecule has 1 heterocycles. The van der Waals surface area contributed by atoms with Gasteiger partial charge in [-0.05, 0) is 31.2 Å². The van der Waals surface area contributed by atoms with Gasteiger partial charge in [0.15, 0.2) is 0 Å². The number of Topliss-reactive ketones (excluding diaryl/α,β-unsaturated/α-hetero) is 1. The van der Waals surface area contributed by atoms with Crippen LogP contribution in [-0.2, 0) is 11.8 Å². The Balaban J connectivity index is 2.11. The highest BCUT2D eigenvalue weighted by molar-refractivity contribution is 6.46. The van der Waals surface area contributed by atoms with Crippen LogP contribution in [0.4, 0.5) is 5.69 Å². The van der Waals surface area contributed by atoms with Crippen molar-refractivity contribution in [1.29, 1.82) is 0 Å². The lowest BCUT2D eigenvalue weighted by molar-refractivity contribution is -0.112. The summed E-state index contributed by atoms with van der Waals surface area (Å²) in [5.74, 6) is -1.16. The van der Waals surface area contributed by atoms with Crippen LogP contribution < -0.4 is 5.32 Å². The maximum Gasteiger partial charge on any atom is 0.298 e.